The van der Waals surface area contributed by atoms with Crippen LogP contribution in [0.1, 0.15) is 329 Å². The molecule has 0 aromatic carbocycles. The molecule has 0 N–H and O–H groups in total. The molecule has 0 aliphatic carbocycles. The van der Waals surface area contributed by atoms with Gasteiger partial charge >= 0.3 is 17.9 Å². The highest BCUT2D eigenvalue weighted by Gasteiger charge is 2.19. The smallest absolute Gasteiger partial charge is 0.306 e. The Morgan fingerprint density at radius 2 is 0.494 bits per heavy atom. The molecule has 0 fully saturated rings. The zero-order valence-electron chi connectivity index (χ0n) is 52.1. The maximum Gasteiger partial charge on any atom is 0.306 e. The molecular formula is C73H126O6. The Balaban J connectivity index is 4.28. The number of carbonyl (C=O) groups is 3. The van der Waals surface area contributed by atoms with Crippen molar-refractivity contribution >= 4 is 17.9 Å². The van der Waals surface area contributed by atoms with Gasteiger partial charge < -0.3 is 14.2 Å². The number of hydrogen-bond donors (Lipinski definition) is 0. The summed E-state index contributed by atoms with van der Waals surface area (Å²) in [4.78, 5) is 38.3. The summed E-state index contributed by atoms with van der Waals surface area (Å²) in [6.45, 7) is 6.54. The molecule has 0 aliphatic rings. The minimum absolute atomic E-state index is 0.0786. The molecule has 0 heterocycles. The molecule has 0 amide bonds. The first-order valence-corrected chi connectivity index (χ1v) is 33.7. The van der Waals surface area contributed by atoms with Crippen molar-refractivity contribution in [1.82, 2.24) is 0 Å². The second-order valence-electron chi connectivity index (χ2n) is 22.4. The van der Waals surface area contributed by atoms with Gasteiger partial charge in [-0.25, -0.2) is 0 Å². The third kappa shape index (κ3) is 65.0. The summed E-state index contributed by atoms with van der Waals surface area (Å²) >= 11 is 0. The van der Waals surface area contributed by atoms with Gasteiger partial charge in [-0.05, 0) is 103 Å². The number of esters is 3. The fraction of sp³-hybridized carbons (Fsp3) is 0.740. The van der Waals surface area contributed by atoms with Gasteiger partial charge in [0, 0.05) is 19.3 Å². The minimum Gasteiger partial charge on any atom is -0.462 e. The van der Waals surface area contributed by atoms with Gasteiger partial charge in [-0.3, -0.25) is 14.4 Å². The summed E-state index contributed by atoms with van der Waals surface area (Å²) in [5, 5.41) is 0. The first kappa shape index (κ1) is 75.3. The Labute approximate surface area is 489 Å². The van der Waals surface area contributed by atoms with E-state index in [4.69, 9.17) is 14.2 Å². The molecule has 0 saturated heterocycles. The Morgan fingerprint density at radius 1 is 0.266 bits per heavy atom. The quantitative estimate of drug-likeness (QED) is 0.0261. The van der Waals surface area contributed by atoms with E-state index in [2.05, 4.69) is 118 Å². The summed E-state index contributed by atoms with van der Waals surface area (Å²) < 4.78 is 16.9. The Kier molecular flexibility index (Phi) is 63.7. The van der Waals surface area contributed by atoms with Crippen LogP contribution in [-0.4, -0.2) is 37.2 Å². The summed E-state index contributed by atoms with van der Waals surface area (Å²) in [7, 11) is 0. The van der Waals surface area contributed by atoms with Crippen LogP contribution in [-0.2, 0) is 28.6 Å². The van der Waals surface area contributed by atoms with Gasteiger partial charge in [-0.1, -0.05) is 304 Å². The van der Waals surface area contributed by atoms with E-state index in [1.54, 1.807) is 0 Å². The lowest BCUT2D eigenvalue weighted by molar-refractivity contribution is -0.167. The van der Waals surface area contributed by atoms with Crippen LogP contribution in [0.2, 0.25) is 0 Å². The number of carbonyl (C=O) groups excluding carboxylic acids is 3. The van der Waals surface area contributed by atoms with E-state index in [0.29, 0.717) is 19.3 Å². The van der Waals surface area contributed by atoms with Gasteiger partial charge in [0.2, 0.25) is 0 Å². The number of unbranched alkanes of at least 4 members (excludes halogenated alkanes) is 34. The van der Waals surface area contributed by atoms with Crippen LogP contribution >= 0.6 is 0 Å². The molecular weight excluding hydrogens is 973 g/mol. The first-order chi connectivity index (χ1) is 39.0. The van der Waals surface area contributed by atoms with Crippen LogP contribution in [0, 0.1) is 0 Å². The van der Waals surface area contributed by atoms with Crippen LogP contribution in [0.5, 0.6) is 0 Å². The van der Waals surface area contributed by atoms with E-state index in [1.807, 2.05) is 0 Å². The molecule has 0 spiro atoms. The Bertz CT molecular complexity index is 1540. The van der Waals surface area contributed by atoms with Crippen LogP contribution in [0.4, 0.5) is 0 Å². The fourth-order valence-electron chi connectivity index (χ4n) is 9.54. The second kappa shape index (κ2) is 66.8. The minimum atomic E-state index is -0.783. The Morgan fingerprint density at radius 3 is 0.785 bits per heavy atom. The number of allylic oxidation sites excluding steroid dienone is 16. The van der Waals surface area contributed by atoms with Crippen molar-refractivity contribution in [2.24, 2.45) is 0 Å². The second-order valence-corrected chi connectivity index (χ2v) is 22.4. The summed E-state index contributed by atoms with van der Waals surface area (Å²) in [6.07, 6.45) is 89.9. The van der Waals surface area contributed by atoms with Crippen molar-refractivity contribution in [3.8, 4) is 0 Å². The highest BCUT2D eigenvalue weighted by molar-refractivity contribution is 5.71. The van der Waals surface area contributed by atoms with Crippen molar-refractivity contribution in [2.45, 2.75) is 335 Å². The molecule has 0 aromatic heterocycles. The van der Waals surface area contributed by atoms with E-state index in [0.717, 1.165) is 122 Å². The molecule has 0 saturated carbocycles. The highest BCUT2D eigenvalue weighted by Crippen LogP contribution is 2.17. The molecule has 0 aromatic rings. The van der Waals surface area contributed by atoms with Crippen molar-refractivity contribution in [3.63, 3.8) is 0 Å². The van der Waals surface area contributed by atoms with Gasteiger partial charge in [0.15, 0.2) is 6.10 Å². The molecule has 0 rings (SSSR count). The third-order valence-corrected chi connectivity index (χ3v) is 14.6. The predicted octanol–water partition coefficient (Wildman–Crippen LogP) is 23.2. The van der Waals surface area contributed by atoms with Crippen molar-refractivity contribution in [3.05, 3.63) is 97.2 Å². The largest absolute Gasteiger partial charge is 0.462 e. The van der Waals surface area contributed by atoms with E-state index in [1.165, 1.54) is 167 Å². The molecule has 6 nitrogen and oxygen atoms in total. The molecule has 454 valence electrons. The van der Waals surface area contributed by atoms with Crippen LogP contribution < -0.4 is 0 Å². The summed E-state index contributed by atoms with van der Waals surface area (Å²) in [5.74, 6) is -0.879. The van der Waals surface area contributed by atoms with E-state index in [-0.39, 0.29) is 31.1 Å². The monoisotopic (exact) mass is 1100 g/mol. The maximum absolute atomic E-state index is 12.9. The molecule has 1 unspecified atom stereocenters. The van der Waals surface area contributed by atoms with Gasteiger partial charge in [0.1, 0.15) is 13.2 Å². The average Bonchev–Trinajstić information content (AvgIpc) is 3.45. The molecule has 0 radical (unpaired) electrons. The summed E-state index contributed by atoms with van der Waals surface area (Å²) in [6, 6.07) is 0. The predicted molar refractivity (Wildman–Crippen MR) is 344 cm³/mol. The topological polar surface area (TPSA) is 78.9 Å². The van der Waals surface area contributed by atoms with Gasteiger partial charge in [-0.15, -0.1) is 0 Å². The van der Waals surface area contributed by atoms with Gasteiger partial charge in [0.05, 0.1) is 0 Å². The zero-order chi connectivity index (χ0) is 57.1. The zero-order valence-corrected chi connectivity index (χ0v) is 52.1. The third-order valence-electron chi connectivity index (χ3n) is 14.6. The van der Waals surface area contributed by atoms with Crippen molar-refractivity contribution in [1.29, 1.82) is 0 Å². The van der Waals surface area contributed by atoms with E-state index >= 15 is 0 Å². The lowest BCUT2D eigenvalue weighted by Gasteiger charge is -2.18. The fourth-order valence-corrected chi connectivity index (χ4v) is 9.54. The molecule has 1 atom stereocenters. The van der Waals surface area contributed by atoms with E-state index < -0.39 is 6.10 Å². The molecule has 0 aliphatic heterocycles. The SMILES string of the molecule is CC/C=C\C/C=C\C/C=C\C/C=C\C/C=C\C/C=C\C/C=C\CCCCCCCCCCCC(=O)OCC(COC(=O)CCCCCCCCCCCCCCCCC)OC(=O)CCCCCCC/C=C\CCCCCCCC. The average molecular weight is 1100 g/mol. The van der Waals surface area contributed by atoms with Gasteiger partial charge in [0.25, 0.3) is 0 Å². The maximum atomic E-state index is 12.9. The highest BCUT2D eigenvalue weighted by atomic mass is 16.6. The first-order valence-electron chi connectivity index (χ1n) is 33.7. The van der Waals surface area contributed by atoms with Gasteiger partial charge in [-0.2, -0.15) is 0 Å². The van der Waals surface area contributed by atoms with Crippen LogP contribution in [0.25, 0.3) is 0 Å². The van der Waals surface area contributed by atoms with Crippen LogP contribution in [0.3, 0.4) is 0 Å². The summed E-state index contributed by atoms with van der Waals surface area (Å²) in [5.41, 5.74) is 0. The van der Waals surface area contributed by atoms with Crippen molar-refractivity contribution < 1.29 is 28.6 Å². The standard InChI is InChI=1S/C73H126O6/c1-4-7-10-13-16-19-22-25-28-29-30-31-32-33-34-35-36-37-38-39-40-41-42-43-46-48-51-54-57-60-63-66-72(75)78-69-70(79-73(76)67-64-61-58-55-52-49-45-27-24-21-18-15-12-9-6-3)68-77-71(74)65-62-59-56-53-50-47-44-26-23-20-17-14-11-8-5-2/h7,10,16,19,25,27-28,30-31,33-34,36-37,39-40,45,70H,4-6,8-9,11-15,17-18,20-24,26,29,32,35,38,41-44,46-69H2,1-3H3/b10-7-,19-16-,28-25-,31-30-,34-33-,37-36-,40-39-,45-27-. The lowest BCUT2D eigenvalue weighted by atomic mass is 10.0. The normalized spacial score (nSPS) is 12.7. The molecule has 0 bridgehead atoms. The van der Waals surface area contributed by atoms with Crippen LogP contribution in [0.15, 0.2) is 97.2 Å². The van der Waals surface area contributed by atoms with Crippen molar-refractivity contribution in [2.75, 3.05) is 13.2 Å². The molecule has 79 heavy (non-hydrogen) atoms. The lowest BCUT2D eigenvalue weighted by Crippen LogP contribution is -2.30. The van der Waals surface area contributed by atoms with E-state index in [9.17, 15) is 14.4 Å². The Hall–Kier alpha value is -3.67. The number of ether oxygens (including phenoxy) is 3. The molecule has 6 heteroatoms. The number of rotatable bonds is 61. The number of hydrogen-bond acceptors (Lipinski definition) is 6.